The third-order valence-corrected chi connectivity index (χ3v) is 2.64. The Labute approximate surface area is 94.5 Å². The molecule has 0 aromatic heterocycles. The molecular weight excluding hydrogens is 206 g/mol. The quantitative estimate of drug-likeness (QED) is 0.842. The van der Waals surface area contributed by atoms with Crippen LogP contribution in [0.5, 0.6) is 5.75 Å². The van der Waals surface area contributed by atoms with Crippen molar-refractivity contribution in [3.8, 4) is 5.75 Å². The molecule has 1 aromatic rings. The molecule has 0 amide bonds. The van der Waals surface area contributed by atoms with Gasteiger partial charge in [-0.25, -0.2) is 0 Å². The molecule has 0 bridgehead atoms. The maximum absolute atomic E-state index is 8.91. The van der Waals surface area contributed by atoms with E-state index in [0.717, 1.165) is 29.9 Å². The smallest absolute Gasteiger partial charge is 0.150 e. The average molecular weight is 221 g/mol. The number of hydrogen-bond donors (Lipinski definition) is 1. The van der Waals surface area contributed by atoms with E-state index in [2.05, 4.69) is 5.16 Å². The Balaban J connectivity index is 2.10. The van der Waals surface area contributed by atoms with Gasteiger partial charge >= 0.3 is 0 Å². The normalized spacial score (nSPS) is 19.9. The molecule has 2 rings (SSSR count). The highest BCUT2D eigenvalue weighted by atomic mass is 16.6. The molecule has 0 aliphatic carbocycles. The van der Waals surface area contributed by atoms with E-state index >= 15 is 0 Å². The van der Waals surface area contributed by atoms with Gasteiger partial charge < -0.3 is 14.7 Å². The van der Waals surface area contributed by atoms with E-state index in [1.165, 1.54) is 0 Å². The molecule has 1 heterocycles. The Morgan fingerprint density at radius 3 is 2.69 bits per heavy atom. The van der Waals surface area contributed by atoms with Crippen molar-refractivity contribution in [2.24, 2.45) is 5.16 Å². The Hall–Kier alpha value is -1.55. The number of aliphatic hydroxyl groups excluding tert-OH is 1. The molecule has 16 heavy (non-hydrogen) atoms. The minimum Gasteiger partial charge on any atom is -0.497 e. The van der Waals surface area contributed by atoms with Gasteiger partial charge in [-0.3, -0.25) is 0 Å². The fourth-order valence-corrected chi connectivity index (χ4v) is 1.64. The minimum absolute atomic E-state index is 0.0272. The van der Waals surface area contributed by atoms with E-state index in [-0.39, 0.29) is 12.7 Å². The maximum atomic E-state index is 8.91. The van der Waals surface area contributed by atoms with Crippen molar-refractivity contribution in [3.05, 3.63) is 29.8 Å². The van der Waals surface area contributed by atoms with Crippen LogP contribution in [0.15, 0.2) is 29.4 Å². The molecule has 1 unspecified atom stereocenters. The van der Waals surface area contributed by atoms with Crippen molar-refractivity contribution in [1.82, 2.24) is 0 Å². The van der Waals surface area contributed by atoms with E-state index in [4.69, 9.17) is 14.7 Å². The number of rotatable bonds is 3. The predicted octanol–water partition coefficient (Wildman–Crippen LogP) is 1.57. The van der Waals surface area contributed by atoms with Crippen LogP contribution in [-0.2, 0) is 4.84 Å². The summed E-state index contributed by atoms with van der Waals surface area (Å²) in [6.07, 6.45) is 1.49. The summed E-state index contributed by atoms with van der Waals surface area (Å²) in [4.78, 5) is 5.16. The SMILES string of the molecule is COc1ccc(C2=NOC(CO)CC2)cc1. The van der Waals surface area contributed by atoms with Crippen LogP contribution in [0.1, 0.15) is 18.4 Å². The molecular formula is C12H15NO3. The Morgan fingerprint density at radius 1 is 1.44 bits per heavy atom. The molecule has 86 valence electrons. The highest BCUT2D eigenvalue weighted by Gasteiger charge is 2.17. The van der Waals surface area contributed by atoms with Crippen LogP contribution in [0.3, 0.4) is 0 Å². The van der Waals surface area contributed by atoms with Crippen molar-refractivity contribution in [3.63, 3.8) is 0 Å². The van der Waals surface area contributed by atoms with Gasteiger partial charge in [0.25, 0.3) is 0 Å². The van der Waals surface area contributed by atoms with Gasteiger partial charge in [0, 0.05) is 0 Å². The lowest BCUT2D eigenvalue weighted by Gasteiger charge is -2.19. The van der Waals surface area contributed by atoms with E-state index in [1.54, 1.807) is 7.11 Å². The highest BCUT2D eigenvalue weighted by Crippen LogP contribution is 2.18. The number of benzene rings is 1. The molecule has 0 spiro atoms. The first kappa shape index (κ1) is 11.0. The average Bonchev–Trinajstić information content (AvgIpc) is 2.39. The van der Waals surface area contributed by atoms with Gasteiger partial charge in [-0.05, 0) is 42.7 Å². The van der Waals surface area contributed by atoms with Crippen LogP contribution in [0.25, 0.3) is 0 Å². The lowest BCUT2D eigenvalue weighted by molar-refractivity contribution is 0.00454. The van der Waals surface area contributed by atoms with Crippen molar-refractivity contribution in [1.29, 1.82) is 0 Å². The van der Waals surface area contributed by atoms with Gasteiger partial charge in [0.15, 0.2) is 6.10 Å². The molecule has 4 nitrogen and oxygen atoms in total. The summed E-state index contributed by atoms with van der Waals surface area (Å²) < 4.78 is 5.09. The number of nitrogens with zero attached hydrogens (tertiary/aromatic N) is 1. The van der Waals surface area contributed by atoms with Gasteiger partial charge in [0.2, 0.25) is 0 Å². The van der Waals surface area contributed by atoms with Crippen LogP contribution in [-0.4, -0.2) is 30.6 Å². The largest absolute Gasteiger partial charge is 0.497 e. The van der Waals surface area contributed by atoms with Crippen LogP contribution in [0, 0.1) is 0 Å². The van der Waals surface area contributed by atoms with E-state index in [1.807, 2.05) is 24.3 Å². The Morgan fingerprint density at radius 2 is 2.19 bits per heavy atom. The highest BCUT2D eigenvalue weighted by molar-refractivity contribution is 6.00. The van der Waals surface area contributed by atoms with Gasteiger partial charge in [0.1, 0.15) is 5.75 Å². The molecule has 1 aromatic carbocycles. The standard InChI is InChI=1S/C12H15NO3/c1-15-10-4-2-9(3-5-10)12-7-6-11(8-14)16-13-12/h2-5,11,14H,6-8H2,1H3. The summed E-state index contributed by atoms with van der Waals surface area (Å²) >= 11 is 0. The molecule has 0 saturated heterocycles. The topological polar surface area (TPSA) is 51.0 Å². The zero-order chi connectivity index (χ0) is 11.4. The van der Waals surface area contributed by atoms with Gasteiger partial charge in [-0.1, -0.05) is 5.16 Å². The fourth-order valence-electron chi connectivity index (χ4n) is 1.64. The lowest BCUT2D eigenvalue weighted by Crippen LogP contribution is -2.22. The summed E-state index contributed by atoms with van der Waals surface area (Å²) in [5.41, 5.74) is 1.96. The number of hydrogen-bond acceptors (Lipinski definition) is 4. The summed E-state index contributed by atoms with van der Waals surface area (Å²) in [6.45, 7) is 0.0272. The molecule has 0 fully saturated rings. The molecule has 1 N–H and O–H groups in total. The monoisotopic (exact) mass is 221 g/mol. The lowest BCUT2D eigenvalue weighted by atomic mass is 10.0. The Bertz CT molecular complexity index is 372. The molecule has 0 saturated carbocycles. The number of ether oxygens (including phenoxy) is 1. The molecule has 1 aliphatic rings. The first-order valence-corrected chi connectivity index (χ1v) is 5.31. The fraction of sp³-hybridized carbons (Fsp3) is 0.417. The van der Waals surface area contributed by atoms with Crippen molar-refractivity contribution in [2.45, 2.75) is 18.9 Å². The second-order valence-electron chi connectivity index (χ2n) is 3.72. The van der Waals surface area contributed by atoms with E-state index in [0.29, 0.717) is 0 Å². The van der Waals surface area contributed by atoms with Gasteiger partial charge in [0.05, 0.1) is 19.4 Å². The first-order chi connectivity index (χ1) is 7.83. The van der Waals surface area contributed by atoms with Crippen LogP contribution in [0.2, 0.25) is 0 Å². The number of methoxy groups -OCH3 is 1. The molecule has 4 heteroatoms. The predicted molar refractivity (Wildman–Crippen MR) is 60.7 cm³/mol. The van der Waals surface area contributed by atoms with E-state index < -0.39 is 0 Å². The van der Waals surface area contributed by atoms with Crippen LogP contribution in [0.4, 0.5) is 0 Å². The number of aliphatic hydroxyl groups is 1. The Kier molecular flexibility index (Phi) is 3.41. The first-order valence-electron chi connectivity index (χ1n) is 5.31. The van der Waals surface area contributed by atoms with Gasteiger partial charge in [-0.2, -0.15) is 0 Å². The van der Waals surface area contributed by atoms with Crippen LogP contribution >= 0.6 is 0 Å². The zero-order valence-electron chi connectivity index (χ0n) is 9.22. The van der Waals surface area contributed by atoms with Crippen LogP contribution < -0.4 is 4.74 Å². The second kappa shape index (κ2) is 4.99. The van der Waals surface area contributed by atoms with Crippen molar-refractivity contribution < 1.29 is 14.7 Å². The zero-order valence-corrected chi connectivity index (χ0v) is 9.22. The summed E-state index contributed by atoms with van der Waals surface area (Å²) in [7, 11) is 1.64. The van der Waals surface area contributed by atoms with Crippen molar-refractivity contribution >= 4 is 5.71 Å². The third kappa shape index (κ3) is 2.33. The summed E-state index contributed by atoms with van der Waals surface area (Å²) in [5, 5.41) is 12.9. The molecule has 0 radical (unpaired) electrons. The molecule has 1 aliphatic heterocycles. The molecule has 1 atom stereocenters. The summed E-state index contributed by atoms with van der Waals surface area (Å²) in [5.74, 6) is 0.828. The van der Waals surface area contributed by atoms with Crippen molar-refractivity contribution in [2.75, 3.05) is 13.7 Å². The third-order valence-electron chi connectivity index (χ3n) is 2.64. The number of oxime groups is 1. The second-order valence-corrected chi connectivity index (χ2v) is 3.72. The maximum Gasteiger partial charge on any atom is 0.150 e. The minimum atomic E-state index is -0.151. The summed E-state index contributed by atoms with van der Waals surface area (Å²) in [6, 6.07) is 7.71. The van der Waals surface area contributed by atoms with E-state index in [9.17, 15) is 0 Å². The van der Waals surface area contributed by atoms with Gasteiger partial charge in [-0.15, -0.1) is 0 Å².